The van der Waals surface area contributed by atoms with Gasteiger partial charge in [0, 0.05) is 25.0 Å². The Morgan fingerprint density at radius 2 is 2.31 bits per heavy atom. The highest BCUT2D eigenvalue weighted by Gasteiger charge is 2.08. The van der Waals surface area contributed by atoms with Gasteiger partial charge in [-0.05, 0) is 35.0 Å². The van der Waals surface area contributed by atoms with E-state index in [2.05, 4.69) is 38.3 Å². The average molecular weight is 281 g/mol. The summed E-state index contributed by atoms with van der Waals surface area (Å²) in [6.07, 6.45) is 5.62. The van der Waals surface area contributed by atoms with Crippen molar-refractivity contribution in [2.75, 3.05) is 5.32 Å². The molecule has 84 valence electrons. The van der Waals surface area contributed by atoms with Crippen LogP contribution >= 0.6 is 15.9 Å². The van der Waals surface area contributed by atoms with Gasteiger partial charge in [0.15, 0.2) is 0 Å². The molecule has 0 aliphatic rings. The molecule has 0 saturated heterocycles. The number of aryl methyl sites for hydroxylation is 1. The SMILES string of the molecule is CC(Nc1cccnc1Br)c1cnn(C)c1. The Morgan fingerprint density at radius 1 is 1.50 bits per heavy atom. The largest absolute Gasteiger partial charge is 0.376 e. The van der Waals surface area contributed by atoms with Gasteiger partial charge in [-0.2, -0.15) is 5.10 Å². The van der Waals surface area contributed by atoms with Crippen LogP contribution in [0.25, 0.3) is 0 Å². The lowest BCUT2D eigenvalue weighted by Crippen LogP contribution is -2.06. The Balaban J connectivity index is 2.13. The van der Waals surface area contributed by atoms with Gasteiger partial charge in [0.25, 0.3) is 0 Å². The van der Waals surface area contributed by atoms with Crippen molar-refractivity contribution >= 4 is 21.6 Å². The van der Waals surface area contributed by atoms with Crippen molar-refractivity contribution in [2.45, 2.75) is 13.0 Å². The van der Waals surface area contributed by atoms with Crippen LogP contribution in [0.3, 0.4) is 0 Å². The van der Waals surface area contributed by atoms with Crippen molar-refractivity contribution in [1.82, 2.24) is 14.8 Å². The van der Waals surface area contributed by atoms with Crippen molar-refractivity contribution in [1.29, 1.82) is 0 Å². The molecule has 1 unspecified atom stereocenters. The molecule has 0 fully saturated rings. The van der Waals surface area contributed by atoms with Crippen LogP contribution in [-0.2, 0) is 7.05 Å². The summed E-state index contributed by atoms with van der Waals surface area (Å²) in [5.41, 5.74) is 2.14. The molecule has 2 aromatic rings. The standard InChI is InChI=1S/C11H13BrN4/c1-8(9-6-14-16(2)7-9)15-10-4-3-5-13-11(10)12/h3-8,15H,1-2H3. The second-order valence-electron chi connectivity index (χ2n) is 3.66. The predicted molar refractivity (Wildman–Crippen MR) is 67.2 cm³/mol. The van der Waals surface area contributed by atoms with Crippen LogP contribution in [0, 0.1) is 0 Å². The second-order valence-corrected chi connectivity index (χ2v) is 4.41. The number of anilines is 1. The molecule has 2 heterocycles. The summed E-state index contributed by atoms with van der Waals surface area (Å²) < 4.78 is 2.62. The molecule has 0 amide bonds. The van der Waals surface area contributed by atoms with E-state index in [0.717, 1.165) is 15.9 Å². The van der Waals surface area contributed by atoms with Gasteiger partial charge in [-0.15, -0.1) is 0 Å². The highest BCUT2D eigenvalue weighted by Crippen LogP contribution is 2.23. The number of nitrogens with zero attached hydrogens (tertiary/aromatic N) is 3. The molecule has 0 bridgehead atoms. The second kappa shape index (κ2) is 4.65. The van der Waals surface area contributed by atoms with Crippen LogP contribution < -0.4 is 5.32 Å². The number of rotatable bonds is 3. The topological polar surface area (TPSA) is 42.7 Å². The van der Waals surface area contributed by atoms with Gasteiger partial charge >= 0.3 is 0 Å². The van der Waals surface area contributed by atoms with Crippen LogP contribution in [0.15, 0.2) is 35.3 Å². The molecule has 0 aliphatic carbocycles. The zero-order valence-electron chi connectivity index (χ0n) is 9.18. The first-order valence-corrected chi connectivity index (χ1v) is 5.81. The van der Waals surface area contributed by atoms with E-state index < -0.39 is 0 Å². The van der Waals surface area contributed by atoms with Crippen LogP contribution in [-0.4, -0.2) is 14.8 Å². The van der Waals surface area contributed by atoms with E-state index in [0.29, 0.717) is 0 Å². The number of nitrogens with one attached hydrogen (secondary N) is 1. The average Bonchev–Trinajstić information content (AvgIpc) is 2.68. The molecule has 1 atom stereocenters. The van der Waals surface area contributed by atoms with Crippen molar-refractivity contribution in [3.63, 3.8) is 0 Å². The van der Waals surface area contributed by atoms with Gasteiger partial charge in [-0.3, -0.25) is 4.68 Å². The molecule has 4 nitrogen and oxygen atoms in total. The lowest BCUT2D eigenvalue weighted by molar-refractivity contribution is 0.765. The monoisotopic (exact) mass is 280 g/mol. The smallest absolute Gasteiger partial charge is 0.129 e. The molecular weight excluding hydrogens is 268 g/mol. The third kappa shape index (κ3) is 2.41. The van der Waals surface area contributed by atoms with Gasteiger partial charge in [-0.1, -0.05) is 0 Å². The molecule has 0 spiro atoms. The van der Waals surface area contributed by atoms with Gasteiger partial charge in [0.05, 0.1) is 17.9 Å². The lowest BCUT2D eigenvalue weighted by Gasteiger charge is -2.14. The molecule has 1 N–H and O–H groups in total. The number of hydrogen-bond donors (Lipinski definition) is 1. The van der Waals surface area contributed by atoms with E-state index in [1.807, 2.05) is 31.6 Å². The summed E-state index contributed by atoms with van der Waals surface area (Å²) in [5.74, 6) is 0. The number of aromatic nitrogens is 3. The fourth-order valence-electron chi connectivity index (χ4n) is 1.47. The molecule has 2 aromatic heterocycles. The summed E-state index contributed by atoms with van der Waals surface area (Å²) in [4.78, 5) is 4.16. The Hall–Kier alpha value is -1.36. The maximum atomic E-state index is 4.16. The number of pyridine rings is 1. The molecule has 0 aliphatic heterocycles. The van der Waals surface area contributed by atoms with Crippen LogP contribution in [0.2, 0.25) is 0 Å². The van der Waals surface area contributed by atoms with E-state index in [9.17, 15) is 0 Å². The van der Waals surface area contributed by atoms with Crippen molar-refractivity contribution in [3.8, 4) is 0 Å². The molecule has 0 radical (unpaired) electrons. The molecule has 0 saturated carbocycles. The Morgan fingerprint density at radius 3 is 2.94 bits per heavy atom. The Kier molecular flexibility index (Phi) is 3.24. The third-order valence-corrected chi connectivity index (χ3v) is 2.99. The first-order valence-electron chi connectivity index (χ1n) is 5.02. The fourth-order valence-corrected chi connectivity index (χ4v) is 1.84. The zero-order valence-corrected chi connectivity index (χ0v) is 10.8. The number of hydrogen-bond acceptors (Lipinski definition) is 3. The minimum atomic E-state index is 0.203. The summed E-state index contributed by atoms with van der Waals surface area (Å²) in [5, 5.41) is 7.53. The van der Waals surface area contributed by atoms with E-state index >= 15 is 0 Å². The molecule has 5 heteroatoms. The zero-order chi connectivity index (χ0) is 11.5. The maximum absolute atomic E-state index is 4.16. The van der Waals surface area contributed by atoms with Crippen LogP contribution in [0.1, 0.15) is 18.5 Å². The van der Waals surface area contributed by atoms with Crippen molar-refractivity contribution in [2.24, 2.45) is 7.05 Å². The summed E-state index contributed by atoms with van der Waals surface area (Å²) in [6.45, 7) is 2.09. The van der Waals surface area contributed by atoms with Crippen LogP contribution in [0.4, 0.5) is 5.69 Å². The van der Waals surface area contributed by atoms with E-state index in [1.165, 1.54) is 0 Å². The molecule has 16 heavy (non-hydrogen) atoms. The van der Waals surface area contributed by atoms with Gasteiger partial charge in [-0.25, -0.2) is 4.98 Å². The van der Waals surface area contributed by atoms with Crippen molar-refractivity contribution < 1.29 is 0 Å². The van der Waals surface area contributed by atoms with Crippen LogP contribution in [0.5, 0.6) is 0 Å². The highest BCUT2D eigenvalue weighted by atomic mass is 79.9. The molecule has 2 rings (SSSR count). The number of halogens is 1. The molecule has 0 aromatic carbocycles. The fraction of sp³-hybridized carbons (Fsp3) is 0.273. The quantitative estimate of drug-likeness (QED) is 0.880. The van der Waals surface area contributed by atoms with Gasteiger partial charge < -0.3 is 5.32 Å². The summed E-state index contributed by atoms with van der Waals surface area (Å²) in [6, 6.07) is 4.10. The molecular formula is C11H13BrN4. The minimum absolute atomic E-state index is 0.203. The highest BCUT2D eigenvalue weighted by molar-refractivity contribution is 9.10. The van der Waals surface area contributed by atoms with E-state index in [1.54, 1.807) is 10.9 Å². The van der Waals surface area contributed by atoms with E-state index in [-0.39, 0.29) is 6.04 Å². The van der Waals surface area contributed by atoms with Crippen molar-refractivity contribution in [3.05, 3.63) is 40.9 Å². The minimum Gasteiger partial charge on any atom is -0.376 e. The van der Waals surface area contributed by atoms with E-state index in [4.69, 9.17) is 0 Å². The van der Waals surface area contributed by atoms with Gasteiger partial charge in [0.2, 0.25) is 0 Å². The van der Waals surface area contributed by atoms with Gasteiger partial charge in [0.1, 0.15) is 4.60 Å². The lowest BCUT2D eigenvalue weighted by atomic mass is 10.2. The first kappa shape index (κ1) is 11.1. The summed E-state index contributed by atoms with van der Waals surface area (Å²) in [7, 11) is 1.91. The third-order valence-electron chi connectivity index (χ3n) is 2.36. The normalized spacial score (nSPS) is 12.4. The first-order chi connectivity index (χ1) is 7.66. The Labute approximate surface area is 103 Å². The maximum Gasteiger partial charge on any atom is 0.129 e. The summed E-state index contributed by atoms with van der Waals surface area (Å²) >= 11 is 3.41. The predicted octanol–water partition coefficient (Wildman–Crippen LogP) is 2.75. The Bertz CT molecular complexity index is 480.